The van der Waals surface area contributed by atoms with E-state index < -0.39 is 5.60 Å². The fourth-order valence-electron chi connectivity index (χ4n) is 2.56. The summed E-state index contributed by atoms with van der Waals surface area (Å²) in [5.74, 6) is 0.184. The summed E-state index contributed by atoms with van der Waals surface area (Å²) in [4.78, 5) is 14.3. The molecule has 1 aliphatic heterocycles. The molecule has 1 aliphatic rings. The molecule has 0 bridgehead atoms. The van der Waals surface area contributed by atoms with Crippen LogP contribution >= 0.6 is 0 Å². The van der Waals surface area contributed by atoms with Crippen LogP contribution in [0.15, 0.2) is 18.2 Å². The maximum Gasteiger partial charge on any atom is 0.257 e. The molecule has 116 valence electrons. The van der Waals surface area contributed by atoms with Gasteiger partial charge in [-0.2, -0.15) is 0 Å². The normalized spacial score (nSPS) is 21.1. The molecule has 6 heteroatoms. The van der Waals surface area contributed by atoms with Crippen molar-refractivity contribution in [1.82, 2.24) is 4.90 Å². The summed E-state index contributed by atoms with van der Waals surface area (Å²) in [7, 11) is 1.51. The largest absolute Gasteiger partial charge is 0.507 e. The summed E-state index contributed by atoms with van der Waals surface area (Å²) in [6.07, 6.45) is -0.196. The Kier molecular flexibility index (Phi) is 4.39. The minimum absolute atomic E-state index is 0.0899. The lowest BCUT2D eigenvalue weighted by atomic mass is 10.0. The number of rotatable bonds is 3. The van der Waals surface area contributed by atoms with E-state index in [1.807, 2.05) is 13.8 Å². The number of morpholine rings is 1. The molecule has 1 aromatic carbocycles. The van der Waals surface area contributed by atoms with Crippen molar-refractivity contribution in [3.05, 3.63) is 23.8 Å². The Labute approximate surface area is 124 Å². The molecule has 6 nitrogen and oxygen atoms in total. The summed E-state index contributed by atoms with van der Waals surface area (Å²) in [5.41, 5.74) is 5.46. The number of phenols is 1. The third kappa shape index (κ3) is 3.46. The molecular formula is C15H22N2O4. The lowest BCUT2D eigenvalue weighted by Crippen LogP contribution is -2.56. The Morgan fingerprint density at radius 2 is 2.29 bits per heavy atom. The van der Waals surface area contributed by atoms with Crippen LogP contribution in [0.1, 0.15) is 24.2 Å². The molecule has 1 atom stereocenters. The van der Waals surface area contributed by atoms with Gasteiger partial charge in [0.2, 0.25) is 0 Å². The first kappa shape index (κ1) is 15.6. The average molecular weight is 294 g/mol. The summed E-state index contributed by atoms with van der Waals surface area (Å²) in [6.45, 7) is 5.06. The monoisotopic (exact) mass is 294 g/mol. The van der Waals surface area contributed by atoms with Crippen molar-refractivity contribution >= 4 is 5.91 Å². The van der Waals surface area contributed by atoms with E-state index in [2.05, 4.69) is 0 Å². The summed E-state index contributed by atoms with van der Waals surface area (Å²) in [5, 5.41) is 9.99. The van der Waals surface area contributed by atoms with Gasteiger partial charge in [-0.3, -0.25) is 4.79 Å². The molecular weight excluding hydrogens is 272 g/mol. The maximum absolute atomic E-state index is 12.6. The molecule has 0 aromatic heterocycles. The van der Waals surface area contributed by atoms with Crippen LogP contribution in [-0.4, -0.2) is 54.4 Å². The molecule has 2 rings (SSSR count). The number of hydrogen-bond donors (Lipinski definition) is 2. The van der Waals surface area contributed by atoms with Crippen LogP contribution < -0.4 is 10.5 Å². The number of carbonyl (C=O) groups excluding carboxylic acids is 1. The van der Waals surface area contributed by atoms with E-state index in [0.717, 1.165) is 0 Å². The topological polar surface area (TPSA) is 85.0 Å². The molecule has 0 radical (unpaired) electrons. The minimum Gasteiger partial charge on any atom is -0.507 e. The van der Waals surface area contributed by atoms with Crippen molar-refractivity contribution in [2.24, 2.45) is 5.73 Å². The van der Waals surface area contributed by atoms with E-state index in [-0.39, 0.29) is 23.3 Å². The first-order valence-electron chi connectivity index (χ1n) is 6.90. The van der Waals surface area contributed by atoms with Gasteiger partial charge in [0, 0.05) is 25.7 Å². The van der Waals surface area contributed by atoms with Gasteiger partial charge in [0.15, 0.2) is 0 Å². The van der Waals surface area contributed by atoms with E-state index in [1.54, 1.807) is 17.0 Å². The van der Waals surface area contributed by atoms with Crippen LogP contribution in [0.5, 0.6) is 11.5 Å². The molecule has 1 amide bonds. The molecule has 1 aromatic rings. The number of carbonyl (C=O) groups is 1. The van der Waals surface area contributed by atoms with E-state index >= 15 is 0 Å². The maximum atomic E-state index is 12.6. The highest BCUT2D eigenvalue weighted by molar-refractivity contribution is 5.97. The van der Waals surface area contributed by atoms with Gasteiger partial charge >= 0.3 is 0 Å². The first-order valence-corrected chi connectivity index (χ1v) is 6.90. The van der Waals surface area contributed by atoms with Gasteiger partial charge in [0.1, 0.15) is 11.5 Å². The second-order valence-corrected chi connectivity index (χ2v) is 5.80. The number of nitrogens with two attached hydrogens (primary N) is 1. The SMILES string of the molecule is COc1ccc(C(=O)N2CC(CN)OC(C)(C)C2)c(O)c1. The van der Waals surface area contributed by atoms with E-state index in [4.69, 9.17) is 15.2 Å². The molecule has 3 N–H and O–H groups in total. The number of amides is 1. The van der Waals surface area contributed by atoms with E-state index in [9.17, 15) is 9.90 Å². The zero-order valence-corrected chi connectivity index (χ0v) is 12.6. The summed E-state index contributed by atoms with van der Waals surface area (Å²) < 4.78 is 10.8. The van der Waals surface area contributed by atoms with Crippen molar-refractivity contribution in [3.63, 3.8) is 0 Å². The van der Waals surface area contributed by atoms with Gasteiger partial charge in [0.25, 0.3) is 5.91 Å². The predicted molar refractivity (Wildman–Crippen MR) is 78.6 cm³/mol. The lowest BCUT2D eigenvalue weighted by molar-refractivity contribution is -0.122. The average Bonchev–Trinajstić information content (AvgIpc) is 2.44. The third-order valence-electron chi connectivity index (χ3n) is 3.47. The molecule has 0 spiro atoms. The highest BCUT2D eigenvalue weighted by Crippen LogP contribution is 2.27. The van der Waals surface area contributed by atoms with Crippen molar-refractivity contribution in [3.8, 4) is 11.5 Å². The highest BCUT2D eigenvalue weighted by atomic mass is 16.5. The third-order valence-corrected chi connectivity index (χ3v) is 3.47. The van der Waals surface area contributed by atoms with Crippen LogP contribution in [-0.2, 0) is 4.74 Å². The van der Waals surface area contributed by atoms with Crippen LogP contribution in [0, 0.1) is 0 Å². The number of hydrogen-bond acceptors (Lipinski definition) is 5. The number of ether oxygens (including phenoxy) is 2. The minimum atomic E-state index is -0.458. The van der Waals surface area contributed by atoms with Gasteiger partial charge in [-0.25, -0.2) is 0 Å². The number of phenolic OH excluding ortho intramolecular Hbond substituents is 1. The number of nitrogens with zero attached hydrogens (tertiary/aromatic N) is 1. The Hall–Kier alpha value is -1.79. The van der Waals surface area contributed by atoms with Gasteiger partial charge in [-0.15, -0.1) is 0 Å². The predicted octanol–water partition coefficient (Wildman–Crippen LogP) is 0.979. The zero-order valence-electron chi connectivity index (χ0n) is 12.6. The van der Waals surface area contributed by atoms with Crippen molar-refractivity contribution < 1.29 is 19.4 Å². The van der Waals surface area contributed by atoms with Crippen molar-refractivity contribution in [2.45, 2.75) is 25.6 Å². The van der Waals surface area contributed by atoms with Gasteiger partial charge in [-0.1, -0.05) is 0 Å². The van der Waals surface area contributed by atoms with Crippen LogP contribution in [0.4, 0.5) is 0 Å². The first-order chi connectivity index (χ1) is 9.86. The Morgan fingerprint density at radius 1 is 1.57 bits per heavy atom. The highest BCUT2D eigenvalue weighted by Gasteiger charge is 2.35. The Morgan fingerprint density at radius 3 is 2.86 bits per heavy atom. The number of aromatic hydroxyl groups is 1. The quantitative estimate of drug-likeness (QED) is 0.868. The summed E-state index contributed by atoms with van der Waals surface area (Å²) in [6, 6.07) is 4.65. The second-order valence-electron chi connectivity index (χ2n) is 5.80. The van der Waals surface area contributed by atoms with Gasteiger partial charge in [0.05, 0.1) is 24.4 Å². The molecule has 1 heterocycles. The lowest BCUT2D eigenvalue weighted by Gasteiger charge is -2.42. The molecule has 1 fully saturated rings. The molecule has 1 unspecified atom stereocenters. The molecule has 1 saturated heterocycles. The second kappa shape index (κ2) is 5.91. The summed E-state index contributed by atoms with van der Waals surface area (Å²) >= 11 is 0. The number of methoxy groups -OCH3 is 1. The van der Waals surface area contributed by atoms with Gasteiger partial charge < -0.3 is 25.2 Å². The smallest absolute Gasteiger partial charge is 0.257 e. The fraction of sp³-hybridized carbons (Fsp3) is 0.533. The fourth-order valence-corrected chi connectivity index (χ4v) is 2.56. The van der Waals surface area contributed by atoms with E-state index in [0.29, 0.717) is 25.4 Å². The number of benzene rings is 1. The van der Waals surface area contributed by atoms with E-state index in [1.165, 1.54) is 13.2 Å². The molecule has 0 aliphatic carbocycles. The van der Waals surface area contributed by atoms with Gasteiger partial charge in [-0.05, 0) is 26.0 Å². The standard InChI is InChI=1S/C15H22N2O4/c1-15(2)9-17(8-11(7-16)21-15)14(19)12-5-4-10(20-3)6-13(12)18/h4-6,11,18H,7-9,16H2,1-3H3. The van der Waals surface area contributed by atoms with Crippen molar-refractivity contribution in [1.29, 1.82) is 0 Å². The van der Waals surface area contributed by atoms with Crippen molar-refractivity contribution in [2.75, 3.05) is 26.7 Å². The Balaban J connectivity index is 2.22. The van der Waals surface area contributed by atoms with Crippen LogP contribution in [0.25, 0.3) is 0 Å². The Bertz CT molecular complexity index is 530. The molecule has 21 heavy (non-hydrogen) atoms. The van der Waals surface area contributed by atoms with Crippen LogP contribution in [0.2, 0.25) is 0 Å². The molecule has 0 saturated carbocycles. The van der Waals surface area contributed by atoms with Crippen LogP contribution in [0.3, 0.4) is 0 Å². The zero-order chi connectivity index (χ0) is 15.6.